The SMILES string of the molecule is Cc1ccsc1C(=O)N1CCC([C@@H](C)N2CCOCC2)CC1. The van der Waals surface area contributed by atoms with E-state index in [0.29, 0.717) is 12.0 Å². The molecule has 0 aromatic carbocycles. The van der Waals surface area contributed by atoms with E-state index in [0.717, 1.165) is 62.7 Å². The van der Waals surface area contributed by atoms with E-state index in [4.69, 9.17) is 4.74 Å². The van der Waals surface area contributed by atoms with Crippen molar-refractivity contribution < 1.29 is 9.53 Å². The van der Waals surface area contributed by atoms with Crippen LogP contribution in [0, 0.1) is 12.8 Å². The normalized spacial score (nSPS) is 22.7. The Balaban J connectivity index is 1.53. The van der Waals surface area contributed by atoms with Crippen LogP contribution in [-0.2, 0) is 4.74 Å². The Morgan fingerprint density at radius 3 is 2.55 bits per heavy atom. The minimum Gasteiger partial charge on any atom is -0.379 e. The van der Waals surface area contributed by atoms with Crippen molar-refractivity contribution in [3.63, 3.8) is 0 Å². The zero-order valence-electron chi connectivity index (χ0n) is 13.6. The molecule has 0 N–H and O–H groups in total. The van der Waals surface area contributed by atoms with Crippen molar-refractivity contribution in [1.82, 2.24) is 9.80 Å². The molecule has 1 aromatic rings. The third-order valence-electron chi connectivity index (χ3n) is 5.19. The van der Waals surface area contributed by atoms with Gasteiger partial charge in [-0.1, -0.05) is 0 Å². The fraction of sp³-hybridized carbons (Fsp3) is 0.706. The highest BCUT2D eigenvalue weighted by molar-refractivity contribution is 7.12. The molecule has 2 saturated heterocycles. The number of piperidine rings is 1. The number of carbonyl (C=O) groups excluding carboxylic acids is 1. The topological polar surface area (TPSA) is 32.8 Å². The molecule has 0 saturated carbocycles. The first-order valence-electron chi connectivity index (χ1n) is 8.32. The largest absolute Gasteiger partial charge is 0.379 e. The Kier molecular flexibility index (Phi) is 5.16. The highest BCUT2D eigenvalue weighted by atomic mass is 32.1. The van der Waals surface area contributed by atoms with Gasteiger partial charge in [0.15, 0.2) is 0 Å². The van der Waals surface area contributed by atoms with Gasteiger partial charge in [0.2, 0.25) is 0 Å². The van der Waals surface area contributed by atoms with Gasteiger partial charge in [-0.15, -0.1) is 11.3 Å². The van der Waals surface area contributed by atoms with Gasteiger partial charge in [-0.25, -0.2) is 0 Å². The Bertz CT molecular complexity index is 503. The Labute approximate surface area is 137 Å². The summed E-state index contributed by atoms with van der Waals surface area (Å²) in [6.07, 6.45) is 2.24. The number of hydrogen-bond donors (Lipinski definition) is 0. The highest BCUT2D eigenvalue weighted by Gasteiger charge is 2.30. The van der Waals surface area contributed by atoms with Crippen LogP contribution in [0.4, 0.5) is 0 Å². The molecule has 1 aromatic heterocycles. The second-order valence-corrected chi connectivity index (χ2v) is 7.37. The zero-order chi connectivity index (χ0) is 15.5. The number of aryl methyl sites for hydroxylation is 1. The van der Waals surface area contributed by atoms with Crippen LogP contribution >= 0.6 is 11.3 Å². The molecule has 1 amide bonds. The van der Waals surface area contributed by atoms with Crippen molar-refractivity contribution in [3.05, 3.63) is 21.9 Å². The molecule has 5 heteroatoms. The summed E-state index contributed by atoms with van der Waals surface area (Å²) < 4.78 is 5.44. The third kappa shape index (κ3) is 3.36. The Hall–Kier alpha value is -0.910. The summed E-state index contributed by atoms with van der Waals surface area (Å²) in [5.74, 6) is 0.927. The van der Waals surface area contributed by atoms with Crippen molar-refractivity contribution in [1.29, 1.82) is 0 Å². The van der Waals surface area contributed by atoms with Gasteiger partial charge in [-0.3, -0.25) is 9.69 Å². The molecule has 4 nitrogen and oxygen atoms in total. The predicted octanol–water partition coefficient (Wildman–Crippen LogP) is 2.63. The minimum absolute atomic E-state index is 0.227. The van der Waals surface area contributed by atoms with Crippen LogP contribution in [0.5, 0.6) is 0 Å². The third-order valence-corrected chi connectivity index (χ3v) is 6.19. The molecule has 122 valence electrons. The molecule has 2 aliphatic rings. The van der Waals surface area contributed by atoms with Crippen molar-refractivity contribution in [2.45, 2.75) is 32.7 Å². The monoisotopic (exact) mass is 322 g/mol. The fourth-order valence-corrected chi connectivity index (χ4v) is 4.50. The van der Waals surface area contributed by atoms with Gasteiger partial charge in [-0.05, 0) is 49.6 Å². The number of thiophene rings is 1. The molecule has 0 radical (unpaired) electrons. The van der Waals surface area contributed by atoms with E-state index in [2.05, 4.69) is 11.8 Å². The second kappa shape index (κ2) is 7.11. The van der Waals surface area contributed by atoms with Gasteiger partial charge in [0.25, 0.3) is 5.91 Å². The van der Waals surface area contributed by atoms with Crippen LogP contribution in [0.25, 0.3) is 0 Å². The van der Waals surface area contributed by atoms with Crippen LogP contribution in [0.3, 0.4) is 0 Å². The lowest BCUT2D eigenvalue weighted by Crippen LogP contribution is -2.49. The molecule has 22 heavy (non-hydrogen) atoms. The summed E-state index contributed by atoms with van der Waals surface area (Å²) in [4.78, 5) is 18.1. The smallest absolute Gasteiger partial charge is 0.264 e. The van der Waals surface area contributed by atoms with Crippen LogP contribution in [0.2, 0.25) is 0 Å². The summed E-state index contributed by atoms with van der Waals surface area (Å²) in [5.41, 5.74) is 1.11. The number of rotatable bonds is 3. The van der Waals surface area contributed by atoms with Gasteiger partial charge in [0.1, 0.15) is 0 Å². The summed E-state index contributed by atoms with van der Waals surface area (Å²) in [7, 11) is 0. The lowest BCUT2D eigenvalue weighted by molar-refractivity contribution is -0.000923. The lowest BCUT2D eigenvalue weighted by Gasteiger charge is -2.41. The number of amides is 1. The van der Waals surface area contributed by atoms with Crippen LogP contribution in [0.1, 0.15) is 35.0 Å². The molecular weight excluding hydrogens is 296 g/mol. The first-order chi connectivity index (χ1) is 10.7. The summed E-state index contributed by atoms with van der Waals surface area (Å²) >= 11 is 1.57. The number of carbonyl (C=O) groups is 1. The maximum Gasteiger partial charge on any atom is 0.264 e. The standard InChI is InChI=1S/C17H26N2O2S/c1-13-5-12-22-16(13)17(20)19-6-3-15(4-7-19)14(2)18-8-10-21-11-9-18/h5,12,14-15H,3-4,6-11H2,1-2H3/t14-/m1/s1. The second-order valence-electron chi connectivity index (χ2n) is 6.45. The van der Waals surface area contributed by atoms with Crippen molar-refractivity contribution in [3.8, 4) is 0 Å². The molecule has 3 heterocycles. The lowest BCUT2D eigenvalue weighted by atomic mass is 9.89. The summed E-state index contributed by atoms with van der Waals surface area (Å²) in [6, 6.07) is 2.63. The average molecular weight is 322 g/mol. The summed E-state index contributed by atoms with van der Waals surface area (Å²) in [6.45, 7) is 9.99. The van der Waals surface area contributed by atoms with E-state index in [9.17, 15) is 4.79 Å². The van der Waals surface area contributed by atoms with Crippen molar-refractivity contribution >= 4 is 17.2 Å². The van der Waals surface area contributed by atoms with Gasteiger partial charge in [0.05, 0.1) is 18.1 Å². The molecule has 0 spiro atoms. The molecule has 2 aliphatic heterocycles. The summed E-state index contributed by atoms with van der Waals surface area (Å²) in [5, 5.41) is 2.01. The molecule has 1 atom stereocenters. The van der Waals surface area contributed by atoms with Gasteiger partial charge >= 0.3 is 0 Å². The predicted molar refractivity (Wildman–Crippen MR) is 89.5 cm³/mol. The number of likely N-dealkylation sites (tertiary alicyclic amines) is 1. The molecule has 2 fully saturated rings. The first kappa shape index (κ1) is 16.0. The molecule has 3 rings (SSSR count). The van der Waals surface area contributed by atoms with E-state index in [1.165, 1.54) is 0 Å². The molecular formula is C17H26N2O2S. The maximum absolute atomic E-state index is 12.6. The quantitative estimate of drug-likeness (QED) is 0.857. The van der Waals surface area contributed by atoms with E-state index in [1.54, 1.807) is 11.3 Å². The van der Waals surface area contributed by atoms with E-state index in [-0.39, 0.29) is 5.91 Å². The fourth-order valence-electron chi connectivity index (χ4n) is 3.60. The molecule has 0 aliphatic carbocycles. The van der Waals surface area contributed by atoms with Gasteiger partial charge in [-0.2, -0.15) is 0 Å². The highest BCUT2D eigenvalue weighted by Crippen LogP contribution is 2.27. The molecule has 0 unspecified atom stereocenters. The van der Waals surface area contributed by atoms with Crippen molar-refractivity contribution in [2.24, 2.45) is 5.92 Å². The molecule has 0 bridgehead atoms. The zero-order valence-corrected chi connectivity index (χ0v) is 14.4. The Morgan fingerprint density at radius 1 is 1.27 bits per heavy atom. The first-order valence-corrected chi connectivity index (χ1v) is 9.20. The Morgan fingerprint density at radius 2 is 1.95 bits per heavy atom. The number of nitrogens with zero attached hydrogens (tertiary/aromatic N) is 2. The van der Waals surface area contributed by atoms with E-state index < -0.39 is 0 Å². The van der Waals surface area contributed by atoms with E-state index >= 15 is 0 Å². The average Bonchev–Trinajstić information content (AvgIpc) is 3.00. The van der Waals surface area contributed by atoms with Crippen LogP contribution < -0.4 is 0 Å². The van der Waals surface area contributed by atoms with Gasteiger partial charge < -0.3 is 9.64 Å². The number of morpholine rings is 1. The maximum atomic E-state index is 12.6. The van der Waals surface area contributed by atoms with E-state index in [1.807, 2.05) is 23.3 Å². The number of hydrogen-bond acceptors (Lipinski definition) is 4. The number of ether oxygens (including phenoxy) is 1. The van der Waals surface area contributed by atoms with Crippen LogP contribution in [0.15, 0.2) is 11.4 Å². The van der Waals surface area contributed by atoms with Gasteiger partial charge in [0, 0.05) is 32.2 Å². The van der Waals surface area contributed by atoms with Crippen LogP contribution in [-0.4, -0.2) is 61.1 Å². The van der Waals surface area contributed by atoms with Crippen molar-refractivity contribution in [2.75, 3.05) is 39.4 Å². The minimum atomic E-state index is 0.227.